The Labute approximate surface area is 159 Å². The van der Waals surface area contributed by atoms with Crippen molar-refractivity contribution in [1.29, 1.82) is 0 Å². The van der Waals surface area contributed by atoms with Crippen LogP contribution in [0.2, 0.25) is 0 Å². The summed E-state index contributed by atoms with van der Waals surface area (Å²) in [6, 6.07) is 5.79. The first kappa shape index (κ1) is 20.8. The number of rotatable bonds is 10. The van der Waals surface area contributed by atoms with Gasteiger partial charge in [-0.15, -0.1) is 6.58 Å². The molecule has 0 aromatic heterocycles. The van der Waals surface area contributed by atoms with Crippen LogP contribution in [0, 0.1) is 0 Å². The third-order valence-electron chi connectivity index (χ3n) is 3.88. The predicted molar refractivity (Wildman–Crippen MR) is 99.9 cm³/mol. The van der Waals surface area contributed by atoms with Gasteiger partial charge in [-0.3, -0.25) is 4.79 Å². The first-order valence-corrected chi connectivity index (χ1v) is 8.92. The molecule has 0 spiro atoms. The normalized spacial score (nSPS) is 15.2. The van der Waals surface area contributed by atoms with Gasteiger partial charge in [0, 0.05) is 12.0 Å². The number of hydrogen-bond acceptors (Lipinski definition) is 6. The molecule has 1 unspecified atom stereocenters. The average Bonchev–Trinajstić information content (AvgIpc) is 2.95. The fraction of sp³-hybridized carbons (Fsp3) is 0.500. The topological polar surface area (TPSA) is 83.1 Å². The number of nitrogens with one attached hydrogen (secondary N) is 1. The monoisotopic (exact) mass is 377 g/mol. The maximum Gasteiger partial charge on any atom is 0.335 e. The molecule has 2 rings (SSSR count). The van der Waals surface area contributed by atoms with Crippen molar-refractivity contribution < 1.29 is 28.5 Å². The van der Waals surface area contributed by atoms with Gasteiger partial charge < -0.3 is 24.3 Å². The van der Waals surface area contributed by atoms with E-state index in [2.05, 4.69) is 11.9 Å². The molecular formula is C20H27NO6. The Balaban J connectivity index is 1.68. The van der Waals surface area contributed by atoms with E-state index in [1.165, 1.54) is 6.08 Å². The molecule has 0 radical (unpaired) electrons. The van der Waals surface area contributed by atoms with Crippen molar-refractivity contribution in [3.8, 4) is 11.5 Å². The molecule has 7 nitrogen and oxygen atoms in total. The maximum absolute atomic E-state index is 11.7. The highest BCUT2D eigenvalue weighted by molar-refractivity contribution is 5.81. The molecule has 1 aromatic rings. The third-order valence-corrected chi connectivity index (χ3v) is 3.88. The summed E-state index contributed by atoms with van der Waals surface area (Å²) < 4.78 is 21.7. The van der Waals surface area contributed by atoms with Crippen LogP contribution in [0.5, 0.6) is 11.5 Å². The lowest BCUT2D eigenvalue weighted by atomic mass is 10.0. The Hall–Kier alpha value is -2.54. The minimum atomic E-state index is -0.747. The SMILES string of the molecule is C=CCOC(C)C(=O)OCC(=O)NCCOc1cccc2c1OC(C)(C)C2. The molecule has 0 saturated heterocycles. The van der Waals surface area contributed by atoms with E-state index in [0.29, 0.717) is 5.75 Å². The molecule has 148 valence electrons. The zero-order valence-corrected chi connectivity index (χ0v) is 16.1. The Morgan fingerprint density at radius 1 is 1.41 bits per heavy atom. The molecule has 1 aliphatic heterocycles. The van der Waals surface area contributed by atoms with Crippen LogP contribution < -0.4 is 14.8 Å². The number of carbonyl (C=O) groups excluding carboxylic acids is 2. The molecule has 27 heavy (non-hydrogen) atoms. The van der Waals surface area contributed by atoms with Crippen LogP contribution >= 0.6 is 0 Å². The molecule has 1 heterocycles. The van der Waals surface area contributed by atoms with Gasteiger partial charge in [0.1, 0.15) is 12.2 Å². The Morgan fingerprint density at radius 2 is 2.19 bits per heavy atom. The van der Waals surface area contributed by atoms with E-state index in [1.807, 2.05) is 32.0 Å². The summed E-state index contributed by atoms with van der Waals surface area (Å²) in [6.45, 7) is 9.55. The minimum Gasteiger partial charge on any atom is -0.488 e. The number of benzene rings is 1. The van der Waals surface area contributed by atoms with E-state index in [1.54, 1.807) is 6.92 Å². The van der Waals surface area contributed by atoms with Crippen LogP contribution in [0.25, 0.3) is 0 Å². The fourth-order valence-electron chi connectivity index (χ4n) is 2.64. The van der Waals surface area contributed by atoms with Crippen molar-refractivity contribution in [3.05, 3.63) is 36.4 Å². The zero-order chi connectivity index (χ0) is 19.9. The zero-order valence-electron chi connectivity index (χ0n) is 16.1. The second kappa shape index (κ2) is 9.41. The van der Waals surface area contributed by atoms with Gasteiger partial charge in [0.15, 0.2) is 24.2 Å². The second-order valence-electron chi connectivity index (χ2n) is 6.85. The van der Waals surface area contributed by atoms with Crippen LogP contribution in [0.1, 0.15) is 26.3 Å². The molecule has 1 atom stereocenters. The van der Waals surface area contributed by atoms with Crippen LogP contribution in [0.4, 0.5) is 0 Å². The smallest absolute Gasteiger partial charge is 0.335 e. The van der Waals surface area contributed by atoms with Crippen molar-refractivity contribution in [2.24, 2.45) is 0 Å². The maximum atomic E-state index is 11.7. The van der Waals surface area contributed by atoms with Crippen LogP contribution in [-0.4, -0.2) is 49.9 Å². The largest absolute Gasteiger partial charge is 0.488 e. The van der Waals surface area contributed by atoms with Gasteiger partial charge in [-0.25, -0.2) is 4.79 Å². The van der Waals surface area contributed by atoms with Gasteiger partial charge in [-0.1, -0.05) is 18.2 Å². The summed E-state index contributed by atoms with van der Waals surface area (Å²) in [5.74, 6) is 0.421. The second-order valence-corrected chi connectivity index (χ2v) is 6.85. The van der Waals surface area contributed by atoms with Crippen LogP contribution in [-0.2, 0) is 25.5 Å². The molecule has 0 bridgehead atoms. The minimum absolute atomic E-state index is 0.240. The molecule has 0 aliphatic carbocycles. The lowest BCUT2D eigenvalue weighted by Crippen LogP contribution is -2.34. The molecule has 1 amide bonds. The molecule has 1 N–H and O–H groups in total. The fourth-order valence-corrected chi connectivity index (χ4v) is 2.64. The van der Waals surface area contributed by atoms with Crippen LogP contribution in [0.3, 0.4) is 0 Å². The first-order valence-electron chi connectivity index (χ1n) is 8.92. The number of para-hydroxylation sites is 1. The summed E-state index contributed by atoms with van der Waals surface area (Å²) in [4.78, 5) is 23.4. The number of esters is 1. The van der Waals surface area contributed by atoms with Gasteiger partial charge in [-0.2, -0.15) is 0 Å². The molecule has 7 heteroatoms. The number of fused-ring (bicyclic) bond motifs is 1. The van der Waals surface area contributed by atoms with Gasteiger partial charge in [0.25, 0.3) is 5.91 Å². The van der Waals surface area contributed by atoms with Gasteiger partial charge in [0.2, 0.25) is 0 Å². The molecule has 1 aromatic carbocycles. The Morgan fingerprint density at radius 3 is 2.93 bits per heavy atom. The van der Waals surface area contributed by atoms with Crippen molar-refractivity contribution in [1.82, 2.24) is 5.32 Å². The van der Waals surface area contributed by atoms with Crippen LogP contribution in [0.15, 0.2) is 30.9 Å². The van der Waals surface area contributed by atoms with E-state index < -0.39 is 18.0 Å². The molecule has 0 saturated carbocycles. The summed E-state index contributed by atoms with van der Waals surface area (Å²) in [5.41, 5.74) is 0.869. The van der Waals surface area contributed by atoms with Crippen molar-refractivity contribution in [2.75, 3.05) is 26.4 Å². The number of amides is 1. The van der Waals surface area contributed by atoms with Gasteiger partial charge >= 0.3 is 5.97 Å². The van der Waals surface area contributed by atoms with Crippen molar-refractivity contribution in [3.63, 3.8) is 0 Å². The van der Waals surface area contributed by atoms with E-state index in [9.17, 15) is 9.59 Å². The quantitative estimate of drug-likeness (QED) is 0.382. The lowest BCUT2D eigenvalue weighted by molar-refractivity contribution is -0.158. The summed E-state index contributed by atoms with van der Waals surface area (Å²) >= 11 is 0. The Kier molecular flexibility index (Phi) is 7.24. The number of hydrogen-bond donors (Lipinski definition) is 1. The first-order chi connectivity index (χ1) is 12.8. The third kappa shape index (κ3) is 6.29. The average molecular weight is 377 g/mol. The highest BCUT2D eigenvalue weighted by atomic mass is 16.6. The summed E-state index contributed by atoms with van der Waals surface area (Å²) in [7, 11) is 0. The van der Waals surface area contributed by atoms with Gasteiger partial charge in [0.05, 0.1) is 13.2 Å². The van der Waals surface area contributed by atoms with Crippen molar-refractivity contribution in [2.45, 2.75) is 38.9 Å². The highest BCUT2D eigenvalue weighted by Crippen LogP contribution is 2.41. The van der Waals surface area contributed by atoms with E-state index in [4.69, 9.17) is 18.9 Å². The van der Waals surface area contributed by atoms with E-state index in [0.717, 1.165) is 17.7 Å². The summed E-state index contributed by atoms with van der Waals surface area (Å²) in [5, 5.41) is 2.64. The summed E-state index contributed by atoms with van der Waals surface area (Å²) in [6.07, 6.45) is 1.62. The number of carbonyl (C=O) groups is 2. The lowest BCUT2D eigenvalue weighted by Gasteiger charge is -2.18. The Bertz CT molecular complexity index is 685. The highest BCUT2D eigenvalue weighted by Gasteiger charge is 2.32. The molecular weight excluding hydrogens is 350 g/mol. The molecule has 0 fully saturated rings. The number of ether oxygens (including phenoxy) is 4. The van der Waals surface area contributed by atoms with Crippen molar-refractivity contribution >= 4 is 11.9 Å². The van der Waals surface area contributed by atoms with E-state index >= 15 is 0 Å². The van der Waals surface area contributed by atoms with Gasteiger partial charge in [-0.05, 0) is 26.8 Å². The molecule has 1 aliphatic rings. The predicted octanol–water partition coefficient (Wildman–Crippen LogP) is 2.03. The standard InChI is InChI=1S/C20H27NO6/c1-5-10-24-14(2)19(23)26-13-17(22)21-9-11-25-16-8-6-7-15-12-20(3,4)27-18(15)16/h5-8,14H,1,9-13H2,2-4H3,(H,21,22). The van der Waals surface area contributed by atoms with E-state index in [-0.39, 0.29) is 32.0 Å².